The minimum absolute atomic E-state index is 0.0296. The van der Waals surface area contributed by atoms with Crippen molar-refractivity contribution in [1.29, 1.82) is 0 Å². The number of ether oxygens (including phenoxy) is 1. The highest BCUT2D eigenvalue weighted by Gasteiger charge is 2.33. The fourth-order valence-electron chi connectivity index (χ4n) is 4.62. The van der Waals surface area contributed by atoms with Crippen molar-refractivity contribution in [3.05, 3.63) is 57.2 Å². The number of amides is 1. The zero-order chi connectivity index (χ0) is 26.0. The summed E-state index contributed by atoms with van der Waals surface area (Å²) >= 11 is 6.37. The number of aliphatic hydroxyl groups excluding tert-OH is 1. The number of piperidine rings is 1. The van der Waals surface area contributed by atoms with Crippen molar-refractivity contribution in [3.63, 3.8) is 0 Å². The second-order valence-corrected chi connectivity index (χ2v) is 9.74. The molecule has 1 aliphatic rings. The van der Waals surface area contributed by atoms with E-state index in [0.717, 1.165) is 12.8 Å². The first-order valence-electron chi connectivity index (χ1n) is 12.1. The number of β-amino-alcohol motifs (C(OH)–C–C–N with tert-alkyl or cyclic N) is 1. The molecule has 4 rings (SSSR count). The number of aliphatic hydroxyl groups is 1. The van der Waals surface area contributed by atoms with Gasteiger partial charge in [-0.05, 0) is 38.6 Å². The maximum Gasteiger partial charge on any atom is 0.414 e. The van der Waals surface area contributed by atoms with Gasteiger partial charge in [0, 0.05) is 49.3 Å². The Morgan fingerprint density at radius 1 is 1.31 bits per heavy atom. The first kappa shape index (κ1) is 26.0. The molecule has 1 amide bonds. The summed E-state index contributed by atoms with van der Waals surface area (Å²) in [4.78, 5) is 29.6. The van der Waals surface area contributed by atoms with Crippen LogP contribution in [0.5, 0.6) is 11.5 Å². The Hall–Kier alpha value is -3.07. The van der Waals surface area contributed by atoms with Gasteiger partial charge in [-0.3, -0.25) is 4.79 Å². The minimum atomic E-state index is -0.791. The second-order valence-electron chi connectivity index (χ2n) is 9.33. The smallest absolute Gasteiger partial charge is 0.414 e. The number of fused-ring (bicyclic) bond motifs is 1. The number of hydrogen-bond donors (Lipinski definition) is 2. The predicted molar refractivity (Wildman–Crippen MR) is 139 cm³/mol. The van der Waals surface area contributed by atoms with Crippen LogP contribution in [0, 0.1) is 0 Å². The van der Waals surface area contributed by atoms with E-state index in [9.17, 15) is 19.8 Å². The number of benzene rings is 2. The summed E-state index contributed by atoms with van der Waals surface area (Å²) in [6.07, 6.45) is 0.808. The summed E-state index contributed by atoms with van der Waals surface area (Å²) in [6, 6.07) is 9.51. The van der Waals surface area contributed by atoms with Crippen LogP contribution in [0.1, 0.15) is 37.7 Å². The molecule has 1 aliphatic heterocycles. The van der Waals surface area contributed by atoms with Gasteiger partial charge < -0.3 is 29.2 Å². The largest absolute Gasteiger partial charge is 0.507 e. The lowest BCUT2D eigenvalue weighted by Gasteiger charge is -2.34. The van der Waals surface area contributed by atoms with Gasteiger partial charge in [0.1, 0.15) is 22.5 Å². The summed E-state index contributed by atoms with van der Waals surface area (Å²) in [5.41, 5.74) is 0.448. The Morgan fingerprint density at radius 2 is 2.06 bits per heavy atom. The average Bonchev–Trinajstić information content (AvgIpc) is 2.83. The third-order valence-corrected chi connectivity index (χ3v) is 6.96. The number of likely N-dealkylation sites (tertiary alicyclic amines) is 1. The van der Waals surface area contributed by atoms with Crippen LogP contribution >= 0.6 is 11.6 Å². The van der Waals surface area contributed by atoms with Gasteiger partial charge in [0.05, 0.1) is 11.1 Å². The lowest BCUT2D eigenvalue weighted by atomic mass is 9.85. The van der Waals surface area contributed by atoms with E-state index in [1.807, 2.05) is 18.9 Å². The second kappa shape index (κ2) is 10.9. The Bertz CT molecular complexity index is 1320. The van der Waals surface area contributed by atoms with Gasteiger partial charge in [0.2, 0.25) is 0 Å². The molecule has 1 fully saturated rings. The molecule has 8 nitrogen and oxygen atoms in total. The van der Waals surface area contributed by atoms with Gasteiger partial charge in [-0.2, -0.15) is 0 Å². The van der Waals surface area contributed by atoms with Crippen LogP contribution in [-0.4, -0.2) is 65.9 Å². The summed E-state index contributed by atoms with van der Waals surface area (Å²) in [5, 5.41) is 22.4. The van der Waals surface area contributed by atoms with Crippen LogP contribution in [0.15, 0.2) is 45.6 Å². The number of carbonyl (C=O) groups is 1. The highest BCUT2D eigenvalue weighted by molar-refractivity contribution is 6.33. The molecule has 0 saturated carbocycles. The van der Waals surface area contributed by atoms with E-state index in [-0.39, 0.29) is 28.2 Å². The number of rotatable bonds is 6. The van der Waals surface area contributed by atoms with Crippen LogP contribution in [-0.2, 0) is 0 Å². The monoisotopic (exact) mass is 514 g/mol. The molecule has 36 heavy (non-hydrogen) atoms. The van der Waals surface area contributed by atoms with Crippen molar-refractivity contribution in [3.8, 4) is 22.8 Å². The molecule has 2 aromatic carbocycles. The van der Waals surface area contributed by atoms with Crippen molar-refractivity contribution < 1.29 is 24.2 Å². The van der Waals surface area contributed by atoms with Crippen LogP contribution in [0.4, 0.5) is 4.79 Å². The summed E-state index contributed by atoms with van der Waals surface area (Å²) < 4.78 is 11.8. The van der Waals surface area contributed by atoms with E-state index >= 15 is 0 Å². The quantitative estimate of drug-likeness (QED) is 0.485. The first-order valence-corrected chi connectivity index (χ1v) is 12.5. The molecule has 0 aliphatic carbocycles. The number of likely N-dealkylation sites (N-methyl/N-ethyl adjacent to an activating group) is 1. The molecule has 2 N–H and O–H groups in total. The van der Waals surface area contributed by atoms with E-state index in [1.54, 1.807) is 31.3 Å². The number of phenols is 1. The zero-order valence-corrected chi connectivity index (χ0v) is 21.4. The van der Waals surface area contributed by atoms with Gasteiger partial charge in [-0.25, -0.2) is 4.79 Å². The minimum Gasteiger partial charge on any atom is -0.507 e. The summed E-state index contributed by atoms with van der Waals surface area (Å²) in [7, 11) is 3.52. The molecule has 192 valence electrons. The van der Waals surface area contributed by atoms with Crippen LogP contribution in [0.2, 0.25) is 5.02 Å². The van der Waals surface area contributed by atoms with Crippen molar-refractivity contribution in [2.24, 2.45) is 0 Å². The number of halogens is 1. The van der Waals surface area contributed by atoms with Gasteiger partial charge in [-0.15, -0.1) is 0 Å². The molecule has 3 aromatic rings. The van der Waals surface area contributed by atoms with Gasteiger partial charge in [-0.1, -0.05) is 37.1 Å². The Kier molecular flexibility index (Phi) is 7.88. The van der Waals surface area contributed by atoms with Crippen LogP contribution in [0.25, 0.3) is 22.3 Å². The van der Waals surface area contributed by atoms with Gasteiger partial charge in [0.15, 0.2) is 11.2 Å². The van der Waals surface area contributed by atoms with Gasteiger partial charge >= 0.3 is 6.09 Å². The lowest BCUT2D eigenvalue weighted by molar-refractivity contribution is 0.0630. The molecule has 1 saturated heterocycles. The SMILES string of the molecule is CCCCN(C)C(=O)Oc1cc(O)c([C@H]2CCN(C)C[C@H]2O)c2oc(-c3ccccc3Cl)cc(=O)c12. The number of nitrogens with zero attached hydrogens (tertiary/aromatic N) is 2. The number of aromatic hydroxyl groups is 1. The zero-order valence-electron chi connectivity index (χ0n) is 20.7. The molecule has 0 radical (unpaired) electrons. The van der Waals surface area contributed by atoms with E-state index < -0.39 is 23.5 Å². The van der Waals surface area contributed by atoms with Crippen LogP contribution < -0.4 is 10.2 Å². The van der Waals surface area contributed by atoms with Crippen molar-refractivity contribution in [2.45, 2.75) is 38.2 Å². The molecular weight excluding hydrogens is 484 g/mol. The number of phenolic OH excluding ortho intramolecular Hbond substituents is 1. The van der Waals surface area contributed by atoms with Crippen molar-refractivity contribution >= 4 is 28.7 Å². The topological polar surface area (TPSA) is 103 Å². The molecule has 2 atom stereocenters. The molecule has 1 aromatic heterocycles. The van der Waals surface area contributed by atoms with Crippen molar-refractivity contribution in [1.82, 2.24) is 9.80 Å². The van der Waals surface area contributed by atoms with E-state index in [0.29, 0.717) is 42.2 Å². The molecule has 0 bridgehead atoms. The molecule has 0 unspecified atom stereocenters. The van der Waals surface area contributed by atoms with Crippen molar-refractivity contribution in [2.75, 3.05) is 33.7 Å². The molecule has 2 heterocycles. The number of unbranched alkanes of at least 4 members (excludes halogenated alkanes) is 1. The Balaban J connectivity index is 1.91. The van der Waals surface area contributed by atoms with Gasteiger partial charge in [0.25, 0.3) is 0 Å². The standard InChI is InChI=1S/C27H31ClN2O6/c1-4-5-11-30(3)27(34)36-23-14-19(31)24(17-10-12-29(2)15-21(17)33)26-25(23)20(32)13-22(35-26)16-8-6-7-9-18(16)28/h6-9,13-14,17,21,31,33H,4-5,10-12,15H2,1-3H3/t17-,21+/m0/s1. The van der Waals surface area contributed by atoms with Crippen LogP contribution in [0.3, 0.4) is 0 Å². The van der Waals surface area contributed by atoms with E-state index in [1.165, 1.54) is 17.0 Å². The molecule has 0 spiro atoms. The third kappa shape index (κ3) is 5.21. The third-order valence-electron chi connectivity index (χ3n) is 6.63. The normalized spacial score (nSPS) is 18.4. The summed E-state index contributed by atoms with van der Waals surface area (Å²) in [5.74, 6) is -0.578. The Morgan fingerprint density at radius 3 is 2.75 bits per heavy atom. The van der Waals surface area contributed by atoms with E-state index in [2.05, 4.69) is 0 Å². The molecular formula is C27H31ClN2O6. The number of hydrogen-bond acceptors (Lipinski definition) is 7. The fourth-order valence-corrected chi connectivity index (χ4v) is 4.85. The highest BCUT2D eigenvalue weighted by atomic mass is 35.5. The first-order chi connectivity index (χ1) is 17.2. The van der Waals surface area contributed by atoms with E-state index in [4.69, 9.17) is 20.8 Å². The highest BCUT2D eigenvalue weighted by Crippen LogP contribution is 2.43. The maximum atomic E-state index is 13.4. The number of carbonyl (C=O) groups excluding carboxylic acids is 1. The predicted octanol–water partition coefficient (Wildman–Crippen LogP) is 4.83. The average molecular weight is 515 g/mol. The summed E-state index contributed by atoms with van der Waals surface area (Å²) in [6.45, 7) is 3.60. The molecule has 9 heteroatoms. The Labute approximate surface area is 214 Å². The maximum absolute atomic E-state index is 13.4. The fraction of sp³-hybridized carbons (Fsp3) is 0.407. The lowest BCUT2D eigenvalue weighted by Crippen LogP contribution is -2.40.